The zero-order chi connectivity index (χ0) is 8.27. The number of hydrogen-bond donors (Lipinski definition) is 1. The van der Waals surface area contributed by atoms with Crippen molar-refractivity contribution in [2.75, 3.05) is 0 Å². The fourth-order valence-electron chi connectivity index (χ4n) is 0.748. The van der Waals surface area contributed by atoms with Gasteiger partial charge in [-0.05, 0) is 6.92 Å². The van der Waals surface area contributed by atoms with Crippen LogP contribution in [0.2, 0.25) is 0 Å². The minimum Gasteiger partial charge on any atom is -0.481 e. The molecule has 1 heterocycles. The Balaban J connectivity index is 2.51. The molecule has 1 aromatic heterocycles. The van der Waals surface area contributed by atoms with E-state index in [2.05, 4.69) is 10.2 Å². The van der Waals surface area contributed by atoms with Gasteiger partial charge in [-0.3, -0.25) is 4.79 Å². The first kappa shape index (κ1) is 7.71. The smallest absolute Gasteiger partial charge is 0.305 e. The topological polar surface area (TPSA) is 68.0 Å². The number of hydrogen-bond acceptors (Lipinski definition) is 3. The first-order valence-corrected chi connectivity index (χ1v) is 3.26. The van der Waals surface area contributed by atoms with E-state index in [1.54, 1.807) is 11.5 Å². The summed E-state index contributed by atoms with van der Waals surface area (Å²) in [6, 6.07) is 0. The second-order valence-corrected chi connectivity index (χ2v) is 2.22. The number of carboxylic acids is 1. The number of carbonyl (C=O) groups is 1. The van der Waals surface area contributed by atoms with Crippen molar-refractivity contribution < 1.29 is 9.90 Å². The van der Waals surface area contributed by atoms with Crippen molar-refractivity contribution in [2.24, 2.45) is 0 Å². The van der Waals surface area contributed by atoms with E-state index in [1.807, 2.05) is 0 Å². The van der Waals surface area contributed by atoms with Gasteiger partial charge in [-0.25, -0.2) is 0 Å². The summed E-state index contributed by atoms with van der Waals surface area (Å²) in [6.07, 6.45) is 1.64. The molecule has 5 nitrogen and oxygen atoms in total. The molecule has 0 atom stereocenters. The molecular weight excluding hydrogens is 146 g/mol. The van der Waals surface area contributed by atoms with Crippen molar-refractivity contribution in [3.63, 3.8) is 0 Å². The average Bonchev–Trinajstić information content (AvgIpc) is 2.31. The second-order valence-electron chi connectivity index (χ2n) is 2.22. The monoisotopic (exact) mass is 155 g/mol. The first-order valence-electron chi connectivity index (χ1n) is 3.26. The Bertz CT molecular complexity index is 256. The minimum atomic E-state index is -0.807. The molecule has 1 aromatic rings. The lowest BCUT2D eigenvalue weighted by atomic mass is 10.4. The van der Waals surface area contributed by atoms with E-state index in [0.717, 1.165) is 5.82 Å². The molecule has 0 spiro atoms. The Morgan fingerprint density at radius 2 is 2.55 bits per heavy atom. The maximum Gasteiger partial charge on any atom is 0.305 e. The molecule has 1 N–H and O–H groups in total. The lowest BCUT2D eigenvalue weighted by Crippen LogP contribution is -2.04. The highest BCUT2D eigenvalue weighted by Crippen LogP contribution is 1.94. The number of aromatic nitrogens is 3. The summed E-state index contributed by atoms with van der Waals surface area (Å²) < 4.78 is 1.70. The zero-order valence-electron chi connectivity index (χ0n) is 6.19. The maximum atomic E-state index is 10.2. The summed E-state index contributed by atoms with van der Waals surface area (Å²) in [5.74, 6) is -0.0654. The van der Waals surface area contributed by atoms with E-state index >= 15 is 0 Å². The van der Waals surface area contributed by atoms with E-state index in [4.69, 9.17) is 5.11 Å². The van der Waals surface area contributed by atoms with Gasteiger partial charge in [0.05, 0.1) is 6.42 Å². The van der Waals surface area contributed by atoms with Crippen LogP contribution in [0.15, 0.2) is 6.33 Å². The van der Waals surface area contributed by atoms with Gasteiger partial charge < -0.3 is 9.67 Å². The highest BCUT2D eigenvalue weighted by Gasteiger charge is 2.00. The van der Waals surface area contributed by atoms with Gasteiger partial charge >= 0.3 is 5.97 Å². The molecule has 0 aliphatic carbocycles. The number of aliphatic carboxylic acids is 1. The van der Waals surface area contributed by atoms with Gasteiger partial charge in [0.15, 0.2) is 0 Å². The molecule has 0 bridgehead atoms. The van der Waals surface area contributed by atoms with Gasteiger partial charge in [-0.1, -0.05) is 0 Å². The molecule has 0 aromatic carbocycles. The van der Waals surface area contributed by atoms with Crippen LogP contribution in [0.25, 0.3) is 0 Å². The Kier molecular flexibility index (Phi) is 2.20. The van der Waals surface area contributed by atoms with Gasteiger partial charge in [0, 0.05) is 6.54 Å². The van der Waals surface area contributed by atoms with Crippen molar-refractivity contribution >= 4 is 5.97 Å². The Morgan fingerprint density at radius 3 is 3.00 bits per heavy atom. The Hall–Kier alpha value is -1.39. The van der Waals surface area contributed by atoms with Crippen LogP contribution in [0.1, 0.15) is 12.2 Å². The molecular formula is C6H9N3O2. The van der Waals surface area contributed by atoms with Crippen LogP contribution in [0.5, 0.6) is 0 Å². The molecule has 60 valence electrons. The van der Waals surface area contributed by atoms with E-state index in [0.29, 0.717) is 6.54 Å². The summed E-state index contributed by atoms with van der Waals surface area (Å²) in [5, 5.41) is 15.7. The van der Waals surface area contributed by atoms with Crippen molar-refractivity contribution in [3.05, 3.63) is 12.2 Å². The lowest BCUT2D eigenvalue weighted by Gasteiger charge is -1.98. The number of aryl methyl sites for hydroxylation is 2. The van der Waals surface area contributed by atoms with Crippen LogP contribution in [-0.2, 0) is 11.3 Å². The fraction of sp³-hybridized carbons (Fsp3) is 0.500. The van der Waals surface area contributed by atoms with Crippen molar-refractivity contribution in [2.45, 2.75) is 19.9 Å². The average molecular weight is 155 g/mol. The van der Waals surface area contributed by atoms with Gasteiger partial charge in [0.2, 0.25) is 0 Å². The van der Waals surface area contributed by atoms with E-state index in [1.165, 1.54) is 6.33 Å². The molecule has 0 saturated carbocycles. The molecule has 11 heavy (non-hydrogen) atoms. The van der Waals surface area contributed by atoms with Crippen LogP contribution in [0, 0.1) is 6.92 Å². The third-order valence-corrected chi connectivity index (χ3v) is 1.38. The second kappa shape index (κ2) is 3.14. The van der Waals surface area contributed by atoms with E-state index in [9.17, 15) is 4.79 Å². The van der Waals surface area contributed by atoms with Crippen molar-refractivity contribution in [1.82, 2.24) is 14.8 Å². The van der Waals surface area contributed by atoms with Crippen molar-refractivity contribution in [3.8, 4) is 0 Å². The van der Waals surface area contributed by atoms with Crippen LogP contribution in [-0.4, -0.2) is 25.8 Å². The molecule has 0 amide bonds. The Labute approximate surface area is 63.7 Å². The first-order chi connectivity index (χ1) is 5.20. The zero-order valence-corrected chi connectivity index (χ0v) is 6.19. The number of rotatable bonds is 3. The van der Waals surface area contributed by atoms with Gasteiger partial charge in [-0.2, -0.15) is 0 Å². The third-order valence-electron chi connectivity index (χ3n) is 1.38. The Morgan fingerprint density at radius 1 is 1.82 bits per heavy atom. The lowest BCUT2D eigenvalue weighted by molar-refractivity contribution is -0.137. The van der Waals surface area contributed by atoms with Crippen LogP contribution in [0.4, 0.5) is 0 Å². The molecule has 0 unspecified atom stereocenters. The molecule has 0 radical (unpaired) electrons. The maximum absolute atomic E-state index is 10.2. The van der Waals surface area contributed by atoms with Gasteiger partial charge in [0.25, 0.3) is 0 Å². The highest BCUT2D eigenvalue weighted by atomic mass is 16.4. The standard InChI is InChI=1S/C6H9N3O2/c1-5-8-7-4-9(5)3-2-6(10)11/h4H,2-3H2,1H3,(H,10,11). The predicted octanol–water partition coefficient (Wildman–Crippen LogP) is 0.0612. The third kappa shape index (κ3) is 2.03. The number of nitrogens with zero attached hydrogens (tertiary/aromatic N) is 3. The van der Waals surface area contributed by atoms with E-state index < -0.39 is 5.97 Å². The van der Waals surface area contributed by atoms with Crippen LogP contribution < -0.4 is 0 Å². The summed E-state index contributed by atoms with van der Waals surface area (Å²) in [4.78, 5) is 10.2. The van der Waals surface area contributed by atoms with Gasteiger partial charge in [0.1, 0.15) is 12.2 Å². The molecule has 5 heteroatoms. The fourth-order valence-corrected chi connectivity index (χ4v) is 0.748. The van der Waals surface area contributed by atoms with Gasteiger partial charge in [-0.15, -0.1) is 10.2 Å². The minimum absolute atomic E-state index is 0.110. The SMILES string of the molecule is Cc1nncn1CCC(=O)O. The van der Waals surface area contributed by atoms with Crippen molar-refractivity contribution in [1.29, 1.82) is 0 Å². The summed E-state index contributed by atoms with van der Waals surface area (Å²) in [5.41, 5.74) is 0. The molecule has 1 rings (SSSR count). The quantitative estimate of drug-likeness (QED) is 0.670. The molecule has 0 aliphatic rings. The summed E-state index contributed by atoms with van der Waals surface area (Å²) in [6.45, 7) is 2.23. The number of carboxylic acid groups (broad SMARTS) is 1. The molecule has 0 aliphatic heterocycles. The molecule has 0 fully saturated rings. The largest absolute Gasteiger partial charge is 0.481 e. The molecule has 0 saturated heterocycles. The normalized spacial score (nSPS) is 9.91. The summed E-state index contributed by atoms with van der Waals surface area (Å²) >= 11 is 0. The predicted molar refractivity (Wildman–Crippen MR) is 37.0 cm³/mol. The van der Waals surface area contributed by atoms with Crippen LogP contribution in [0.3, 0.4) is 0 Å². The van der Waals surface area contributed by atoms with E-state index in [-0.39, 0.29) is 6.42 Å². The van der Waals surface area contributed by atoms with Crippen LogP contribution >= 0.6 is 0 Å². The highest BCUT2D eigenvalue weighted by molar-refractivity contribution is 5.66. The summed E-state index contributed by atoms with van der Waals surface area (Å²) in [7, 11) is 0.